The Hall–Kier alpha value is -1.92. The summed E-state index contributed by atoms with van der Waals surface area (Å²) in [7, 11) is 0. The largest absolute Gasteiger partial charge is 0.494 e. The third-order valence-corrected chi connectivity index (χ3v) is 4.95. The van der Waals surface area contributed by atoms with E-state index in [1.54, 1.807) is 11.3 Å². The molecule has 3 rings (SSSR count). The molecule has 0 unspecified atom stereocenters. The summed E-state index contributed by atoms with van der Waals surface area (Å²) in [5.41, 5.74) is 1.85. The standard InChI is InChI=1S/C18H23N3O2S/c1-3-23-17-6-4-15(5-7-17)18(22)21-10-8-20(9-11-21)12-16-13-24-14(2)19-16/h4-7,13H,3,8-12H2,1-2H3. The second kappa shape index (κ2) is 7.77. The number of carbonyl (C=O) groups excluding carboxylic acids is 1. The van der Waals surface area contributed by atoms with Crippen LogP contribution >= 0.6 is 11.3 Å². The molecule has 0 aliphatic carbocycles. The Morgan fingerprint density at radius 2 is 1.92 bits per heavy atom. The molecule has 1 fully saturated rings. The van der Waals surface area contributed by atoms with Crippen LogP contribution in [0.1, 0.15) is 28.0 Å². The predicted octanol–water partition coefficient (Wildman–Crippen LogP) is 2.81. The van der Waals surface area contributed by atoms with E-state index in [2.05, 4.69) is 15.3 Å². The van der Waals surface area contributed by atoms with Gasteiger partial charge >= 0.3 is 0 Å². The number of thiazole rings is 1. The minimum atomic E-state index is 0.0993. The van der Waals surface area contributed by atoms with E-state index in [4.69, 9.17) is 4.74 Å². The molecule has 1 aromatic carbocycles. The van der Waals surface area contributed by atoms with Gasteiger partial charge in [-0.1, -0.05) is 0 Å². The number of aromatic nitrogens is 1. The van der Waals surface area contributed by atoms with Crippen molar-refractivity contribution in [2.75, 3.05) is 32.8 Å². The number of benzene rings is 1. The quantitative estimate of drug-likeness (QED) is 0.836. The molecule has 128 valence electrons. The summed E-state index contributed by atoms with van der Waals surface area (Å²) < 4.78 is 5.42. The number of rotatable bonds is 5. The molecular formula is C18H23N3O2S. The van der Waals surface area contributed by atoms with Gasteiger partial charge in [0.25, 0.3) is 5.91 Å². The fourth-order valence-corrected chi connectivity index (χ4v) is 3.47. The number of aryl methyl sites for hydroxylation is 1. The molecular weight excluding hydrogens is 322 g/mol. The topological polar surface area (TPSA) is 45.7 Å². The third-order valence-electron chi connectivity index (χ3n) is 4.12. The Bertz CT molecular complexity index is 676. The molecule has 1 aliphatic rings. The normalized spacial score (nSPS) is 15.5. The third kappa shape index (κ3) is 4.13. The van der Waals surface area contributed by atoms with Crippen LogP contribution in [0.2, 0.25) is 0 Å². The average molecular weight is 345 g/mol. The van der Waals surface area contributed by atoms with Crippen LogP contribution in [0.25, 0.3) is 0 Å². The lowest BCUT2D eigenvalue weighted by Crippen LogP contribution is -2.48. The number of hydrogen-bond acceptors (Lipinski definition) is 5. The molecule has 1 aromatic heterocycles. The van der Waals surface area contributed by atoms with Gasteiger partial charge in [0.1, 0.15) is 5.75 Å². The summed E-state index contributed by atoms with van der Waals surface area (Å²) >= 11 is 1.69. The number of carbonyl (C=O) groups is 1. The molecule has 24 heavy (non-hydrogen) atoms. The van der Waals surface area contributed by atoms with Crippen LogP contribution < -0.4 is 4.74 Å². The van der Waals surface area contributed by atoms with Gasteiger partial charge in [-0.2, -0.15) is 0 Å². The molecule has 2 aromatic rings. The first-order valence-electron chi connectivity index (χ1n) is 8.31. The van der Waals surface area contributed by atoms with Crippen molar-refractivity contribution in [2.24, 2.45) is 0 Å². The van der Waals surface area contributed by atoms with E-state index >= 15 is 0 Å². The maximum Gasteiger partial charge on any atom is 0.253 e. The molecule has 2 heterocycles. The summed E-state index contributed by atoms with van der Waals surface area (Å²) in [5, 5.41) is 3.22. The van der Waals surface area contributed by atoms with Crippen LogP contribution in [0, 0.1) is 6.92 Å². The van der Waals surface area contributed by atoms with E-state index in [-0.39, 0.29) is 5.91 Å². The minimum absolute atomic E-state index is 0.0993. The van der Waals surface area contributed by atoms with Crippen LogP contribution in [0.3, 0.4) is 0 Å². The molecule has 0 atom stereocenters. The highest BCUT2D eigenvalue weighted by Crippen LogP contribution is 2.16. The van der Waals surface area contributed by atoms with Crippen LogP contribution in [0.5, 0.6) is 5.75 Å². The molecule has 0 bridgehead atoms. The molecule has 6 heteroatoms. The summed E-state index contributed by atoms with van der Waals surface area (Å²) in [4.78, 5) is 21.4. The second-order valence-electron chi connectivity index (χ2n) is 5.88. The van der Waals surface area contributed by atoms with Crippen LogP contribution in [-0.2, 0) is 6.54 Å². The van der Waals surface area contributed by atoms with E-state index in [0.29, 0.717) is 6.61 Å². The first-order chi connectivity index (χ1) is 11.7. The maximum absolute atomic E-state index is 12.6. The second-order valence-corrected chi connectivity index (χ2v) is 6.95. The summed E-state index contributed by atoms with van der Waals surface area (Å²) in [5.74, 6) is 0.902. The fraction of sp³-hybridized carbons (Fsp3) is 0.444. The zero-order chi connectivity index (χ0) is 16.9. The summed E-state index contributed by atoms with van der Waals surface area (Å²) in [6.07, 6.45) is 0. The van der Waals surface area contributed by atoms with Gasteiger partial charge in [0.15, 0.2) is 0 Å². The van der Waals surface area contributed by atoms with Gasteiger partial charge in [-0.05, 0) is 38.1 Å². The molecule has 0 spiro atoms. The molecule has 0 radical (unpaired) electrons. The Labute approximate surface area is 146 Å². The van der Waals surface area contributed by atoms with Crippen LogP contribution in [-0.4, -0.2) is 53.5 Å². The minimum Gasteiger partial charge on any atom is -0.494 e. The number of ether oxygens (including phenoxy) is 1. The first-order valence-corrected chi connectivity index (χ1v) is 9.19. The molecule has 0 N–H and O–H groups in total. The number of amides is 1. The Balaban J connectivity index is 1.52. The van der Waals surface area contributed by atoms with Gasteiger partial charge in [-0.3, -0.25) is 9.69 Å². The predicted molar refractivity (Wildman–Crippen MR) is 95.6 cm³/mol. The summed E-state index contributed by atoms with van der Waals surface area (Å²) in [6, 6.07) is 7.41. The lowest BCUT2D eigenvalue weighted by atomic mass is 10.1. The van der Waals surface area contributed by atoms with Crippen LogP contribution in [0.15, 0.2) is 29.6 Å². The molecule has 1 saturated heterocycles. The highest BCUT2D eigenvalue weighted by molar-refractivity contribution is 7.09. The van der Waals surface area contributed by atoms with E-state index in [9.17, 15) is 4.79 Å². The van der Waals surface area contributed by atoms with Crippen molar-refractivity contribution in [1.29, 1.82) is 0 Å². The van der Waals surface area contributed by atoms with Gasteiger partial charge < -0.3 is 9.64 Å². The molecule has 5 nitrogen and oxygen atoms in total. The number of hydrogen-bond donors (Lipinski definition) is 0. The smallest absolute Gasteiger partial charge is 0.253 e. The van der Waals surface area contributed by atoms with Crippen molar-refractivity contribution in [1.82, 2.24) is 14.8 Å². The highest BCUT2D eigenvalue weighted by Gasteiger charge is 2.22. The SMILES string of the molecule is CCOc1ccc(C(=O)N2CCN(Cc3csc(C)n3)CC2)cc1. The monoisotopic (exact) mass is 345 g/mol. The van der Waals surface area contributed by atoms with E-state index in [1.807, 2.05) is 43.0 Å². The molecule has 0 saturated carbocycles. The number of piperazine rings is 1. The van der Waals surface area contributed by atoms with Crippen molar-refractivity contribution in [3.8, 4) is 5.75 Å². The first kappa shape index (κ1) is 16.9. The molecule has 1 amide bonds. The van der Waals surface area contributed by atoms with Gasteiger partial charge in [-0.15, -0.1) is 11.3 Å². The van der Waals surface area contributed by atoms with Crippen molar-refractivity contribution < 1.29 is 9.53 Å². The lowest BCUT2D eigenvalue weighted by Gasteiger charge is -2.34. The van der Waals surface area contributed by atoms with Crippen molar-refractivity contribution in [2.45, 2.75) is 20.4 Å². The van der Waals surface area contributed by atoms with Gasteiger partial charge in [0.2, 0.25) is 0 Å². The number of nitrogens with zero attached hydrogens (tertiary/aromatic N) is 3. The maximum atomic E-state index is 12.6. The zero-order valence-electron chi connectivity index (χ0n) is 14.2. The van der Waals surface area contributed by atoms with E-state index < -0.39 is 0 Å². The van der Waals surface area contributed by atoms with Crippen molar-refractivity contribution in [3.63, 3.8) is 0 Å². The zero-order valence-corrected chi connectivity index (χ0v) is 15.0. The van der Waals surface area contributed by atoms with Crippen LogP contribution in [0.4, 0.5) is 0 Å². The van der Waals surface area contributed by atoms with Crippen molar-refractivity contribution in [3.05, 3.63) is 45.9 Å². The van der Waals surface area contributed by atoms with Crippen molar-refractivity contribution >= 4 is 17.2 Å². The Morgan fingerprint density at radius 1 is 1.21 bits per heavy atom. The van der Waals surface area contributed by atoms with E-state index in [1.165, 1.54) is 0 Å². The lowest BCUT2D eigenvalue weighted by molar-refractivity contribution is 0.0627. The molecule has 1 aliphatic heterocycles. The average Bonchev–Trinajstić information content (AvgIpc) is 3.01. The van der Waals surface area contributed by atoms with Gasteiger partial charge in [0, 0.05) is 43.7 Å². The fourth-order valence-electron chi connectivity index (χ4n) is 2.86. The summed E-state index contributed by atoms with van der Waals surface area (Å²) in [6.45, 7) is 8.78. The Morgan fingerprint density at radius 3 is 2.50 bits per heavy atom. The highest BCUT2D eigenvalue weighted by atomic mass is 32.1. The van der Waals surface area contributed by atoms with Gasteiger partial charge in [-0.25, -0.2) is 4.98 Å². The van der Waals surface area contributed by atoms with E-state index in [0.717, 1.165) is 54.7 Å². The van der Waals surface area contributed by atoms with Gasteiger partial charge in [0.05, 0.1) is 17.3 Å². The Kier molecular flexibility index (Phi) is 5.48.